The normalized spacial score (nSPS) is 17.3. The third kappa shape index (κ3) is 4.84. The van der Waals surface area contributed by atoms with Crippen molar-refractivity contribution in [2.75, 3.05) is 21.8 Å². The van der Waals surface area contributed by atoms with Gasteiger partial charge in [-0.3, -0.25) is 14.5 Å². The van der Waals surface area contributed by atoms with Crippen LogP contribution in [0.3, 0.4) is 0 Å². The fourth-order valence-corrected chi connectivity index (χ4v) is 4.46. The molecule has 2 aromatic rings. The summed E-state index contributed by atoms with van der Waals surface area (Å²) in [6.45, 7) is 10.2. The number of benzene rings is 2. The number of anilines is 2. The van der Waals surface area contributed by atoms with Crippen LogP contribution >= 0.6 is 23.4 Å². The third-order valence-corrected chi connectivity index (χ3v) is 7.16. The van der Waals surface area contributed by atoms with E-state index in [2.05, 4.69) is 38.2 Å². The van der Waals surface area contributed by atoms with E-state index in [1.807, 2.05) is 55.1 Å². The summed E-state index contributed by atoms with van der Waals surface area (Å²) in [6.07, 6.45) is 0. The van der Waals surface area contributed by atoms with E-state index in [1.54, 1.807) is 11.8 Å². The number of hydrogen-bond acceptors (Lipinski definition) is 3. The minimum Gasteiger partial charge on any atom is -0.326 e. The number of carbonyl (C=O) groups is 2. The van der Waals surface area contributed by atoms with Crippen molar-refractivity contribution in [3.8, 4) is 0 Å². The van der Waals surface area contributed by atoms with Crippen molar-refractivity contribution in [3.05, 3.63) is 59.7 Å². The summed E-state index contributed by atoms with van der Waals surface area (Å²) < 4.78 is 0. The smallest absolute Gasteiger partial charge is 0.238 e. The molecule has 0 bridgehead atoms. The molecule has 160 valence electrons. The Labute approximate surface area is 188 Å². The van der Waals surface area contributed by atoms with Gasteiger partial charge in [-0.1, -0.05) is 45.0 Å². The molecule has 0 aromatic heterocycles. The molecule has 1 aliphatic heterocycles. The summed E-state index contributed by atoms with van der Waals surface area (Å²) >= 11 is 7.50. The second-order valence-corrected chi connectivity index (χ2v) is 10.7. The van der Waals surface area contributed by atoms with Crippen LogP contribution in [0.25, 0.3) is 0 Å². The predicted molar refractivity (Wildman–Crippen MR) is 127 cm³/mol. The van der Waals surface area contributed by atoms with E-state index in [0.717, 1.165) is 16.9 Å². The van der Waals surface area contributed by atoms with Crippen LogP contribution in [0.1, 0.15) is 51.1 Å². The lowest BCUT2D eigenvalue weighted by molar-refractivity contribution is -0.123. The molecule has 1 N–H and O–H groups in total. The van der Waals surface area contributed by atoms with E-state index in [0.29, 0.717) is 5.75 Å². The van der Waals surface area contributed by atoms with E-state index in [4.69, 9.17) is 11.6 Å². The first-order chi connectivity index (χ1) is 14.0. The lowest BCUT2D eigenvalue weighted by atomic mass is 9.87. The second-order valence-electron chi connectivity index (χ2n) is 9.32. The van der Waals surface area contributed by atoms with Crippen molar-refractivity contribution in [2.24, 2.45) is 5.41 Å². The van der Waals surface area contributed by atoms with E-state index >= 15 is 0 Å². The molecule has 6 heteroatoms. The number of nitrogens with one attached hydrogen (secondary N) is 1. The highest BCUT2D eigenvalue weighted by atomic mass is 35.5. The third-order valence-electron chi connectivity index (χ3n) is 5.28. The van der Waals surface area contributed by atoms with Gasteiger partial charge in [-0.2, -0.15) is 0 Å². The molecule has 1 atom stereocenters. The summed E-state index contributed by atoms with van der Waals surface area (Å²) in [7, 11) is 0. The molecule has 0 aliphatic carbocycles. The number of rotatable bonds is 5. The molecule has 0 saturated carbocycles. The van der Waals surface area contributed by atoms with Crippen LogP contribution in [-0.4, -0.2) is 23.4 Å². The highest BCUT2D eigenvalue weighted by Gasteiger charge is 2.34. The zero-order chi connectivity index (χ0) is 22.1. The molecule has 2 aromatic carbocycles. The van der Waals surface area contributed by atoms with Crippen molar-refractivity contribution in [1.29, 1.82) is 0 Å². The Morgan fingerprint density at radius 2 is 1.67 bits per heavy atom. The predicted octanol–water partition coefficient (Wildman–Crippen LogP) is 5.97. The van der Waals surface area contributed by atoms with Crippen LogP contribution in [0.5, 0.6) is 0 Å². The number of amides is 2. The molecule has 1 saturated heterocycles. The van der Waals surface area contributed by atoms with E-state index < -0.39 is 5.41 Å². The van der Waals surface area contributed by atoms with Crippen molar-refractivity contribution >= 4 is 46.6 Å². The SMILES string of the molecule is CC(C)(CCl)C(=O)Nc1ccc([C@@H]2SCC(=O)N2c2ccc(C(C)(C)C)cc2)cc1. The minimum absolute atomic E-state index is 0.0694. The minimum atomic E-state index is -0.635. The van der Waals surface area contributed by atoms with Gasteiger partial charge in [-0.25, -0.2) is 0 Å². The molecule has 2 amide bonds. The van der Waals surface area contributed by atoms with Gasteiger partial charge in [0.1, 0.15) is 5.37 Å². The zero-order valence-corrected chi connectivity index (χ0v) is 19.7. The summed E-state index contributed by atoms with van der Waals surface area (Å²) in [5.41, 5.74) is 3.33. The van der Waals surface area contributed by atoms with Crippen molar-refractivity contribution in [3.63, 3.8) is 0 Å². The lowest BCUT2D eigenvalue weighted by Gasteiger charge is -2.26. The van der Waals surface area contributed by atoms with Gasteiger partial charge in [0.15, 0.2) is 0 Å². The average molecular weight is 445 g/mol. The lowest BCUT2D eigenvalue weighted by Crippen LogP contribution is -2.32. The number of nitrogens with zero attached hydrogens (tertiary/aromatic N) is 1. The number of carbonyl (C=O) groups excluding carboxylic acids is 2. The summed E-state index contributed by atoms with van der Waals surface area (Å²) in [5, 5.41) is 2.83. The molecule has 0 spiro atoms. The van der Waals surface area contributed by atoms with Gasteiger partial charge >= 0.3 is 0 Å². The molecule has 30 heavy (non-hydrogen) atoms. The molecule has 4 nitrogen and oxygen atoms in total. The maximum atomic E-state index is 12.6. The fourth-order valence-electron chi connectivity index (χ4n) is 3.16. The van der Waals surface area contributed by atoms with Gasteiger partial charge in [0.25, 0.3) is 0 Å². The Morgan fingerprint density at radius 1 is 1.07 bits per heavy atom. The Kier molecular flexibility index (Phi) is 6.54. The number of halogens is 1. The first-order valence-electron chi connectivity index (χ1n) is 10.0. The number of hydrogen-bond donors (Lipinski definition) is 1. The van der Waals surface area contributed by atoms with Crippen LogP contribution in [0.15, 0.2) is 48.5 Å². The number of thioether (sulfide) groups is 1. The van der Waals surface area contributed by atoms with Crippen LogP contribution in [0, 0.1) is 5.41 Å². The van der Waals surface area contributed by atoms with Gasteiger partial charge in [0, 0.05) is 17.3 Å². The van der Waals surface area contributed by atoms with Gasteiger partial charge in [0.05, 0.1) is 11.2 Å². The highest BCUT2D eigenvalue weighted by molar-refractivity contribution is 8.00. The molecule has 1 heterocycles. The summed E-state index contributed by atoms with van der Waals surface area (Å²) in [5.74, 6) is 0.695. The molecule has 1 fully saturated rings. The zero-order valence-electron chi connectivity index (χ0n) is 18.2. The molecular weight excluding hydrogens is 416 g/mol. The first kappa shape index (κ1) is 22.7. The van der Waals surface area contributed by atoms with Crippen LogP contribution in [0.4, 0.5) is 11.4 Å². The second kappa shape index (κ2) is 8.64. The van der Waals surface area contributed by atoms with Crippen LogP contribution in [0.2, 0.25) is 0 Å². The quantitative estimate of drug-likeness (QED) is 0.578. The Balaban J connectivity index is 1.79. The van der Waals surface area contributed by atoms with Gasteiger partial charge in [-0.05, 0) is 54.7 Å². The van der Waals surface area contributed by atoms with E-state index in [-0.39, 0.29) is 28.5 Å². The first-order valence-corrected chi connectivity index (χ1v) is 11.6. The Morgan fingerprint density at radius 3 is 2.20 bits per heavy atom. The molecule has 0 radical (unpaired) electrons. The summed E-state index contributed by atoms with van der Waals surface area (Å²) in [6, 6.07) is 15.9. The fraction of sp³-hybridized carbons (Fsp3) is 0.417. The average Bonchev–Trinajstić information content (AvgIpc) is 3.09. The molecule has 1 aliphatic rings. The maximum Gasteiger partial charge on any atom is 0.238 e. The Hall–Kier alpha value is -1.98. The van der Waals surface area contributed by atoms with E-state index in [1.165, 1.54) is 5.56 Å². The van der Waals surface area contributed by atoms with Crippen molar-refractivity contribution < 1.29 is 9.59 Å². The van der Waals surface area contributed by atoms with Gasteiger partial charge in [-0.15, -0.1) is 23.4 Å². The van der Waals surface area contributed by atoms with Crippen LogP contribution < -0.4 is 10.2 Å². The van der Waals surface area contributed by atoms with Gasteiger partial charge < -0.3 is 5.32 Å². The van der Waals surface area contributed by atoms with Crippen molar-refractivity contribution in [1.82, 2.24) is 0 Å². The molecular formula is C24H29ClN2O2S. The molecule has 3 rings (SSSR count). The van der Waals surface area contributed by atoms with E-state index in [9.17, 15) is 9.59 Å². The van der Waals surface area contributed by atoms with Crippen LogP contribution in [-0.2, 0) is 15.0 Å². The highest BCUT2D eigenvalue weighted by Crippen LogP contribution is 2.42. The summed E-state index contributed by atoms with van der Waals surface area (Å²) in [4.78, 5) is 26.8. The topological polar surface area (TPSA) is 49.4 Å². The monoisotopic (exact) mass is 444 g/mol. The molecule has 0 unspecified atom stereocenters. The largest absolute Gasteiger partial charge is 0.326 e. The van der Waals surface area contributed by atoms with Gasteiger partial charge in [0.2, 0.25) is 11.8 Å². The van der Waals surface area contributed by atoms with Crippen molar-refractivity contribution in [2.45, 2.75) is 45.4 Å². The standard InChI is InChI=1S/C24H29ClN2O2S/c1-23(2,3)17-8-12-19(13-9-17)27-20(28)14-30-21(27)16-6-10-18(11-7-16)26-22(29)24(4,5)15-25/h6-13,21H,14-15H2,1-5H3,(H,26,29)/t21-/m0/s1. The number of alkyl halides is 1. The maximum absolute atomic E-state index is 12.6. The Bertz CT molecular complexity index is 918.